The van der Waals surface area contributed by atoms with Gasteiger partial charge in [-0.1, -0.05) is 6.07 Å². The Hall–Kier alpha value is -2.18. The van der Waals surface area contributed by atoms with Crippen molar-refractivity contribution in [2.75, 3.05) is 24.6 Å². The van der Waals surface area contributed by atoms with E-state index in [4.69, 9.17) is 4.74 Å². The highest BCUT2D eigenvalue weighted by atomic mass is 32.2. The summed E-state index contributed by atoms with van der Waals surface area (Å²) in [7, 11) is -5.67. The smallest absolute Gasteiger partial charge is 0.369 e. The number of thiophene rings is 1. The number of benzene rings is 1. The number of rotatable bonds is 4. The maximum Gasteiger partial charge on any atom is 0.501 e. The molecule has 0 spiro atoms. The Morgan fingerprint density at radius 2 is 2.04 bits per heavy atom. The van der Waals surface area contributed by atoms with E-state index < -0.39 is 30.9 Å². The first-order valence-corrected chi connectivity index (χ1v) is 9.97. The molecular weight excluding hydrogens is 409 g/mol. The fraction of sp³-hybridized carbons (Fsp3) is 0.333. The lowest BCUT2D eigenvalue weighted by molar-refractivity contribution is -0.384. The SMILES string of the molecule is O=[N+]([O-])c1cc(S(=O)(=O)C(F)(F)F)ccc1N1CCOC(c2cccs2)C1. The van der Waals surface area contributed by atoms with Gasteiger partial charge in [-0.05, 0) is 23.6 Å². The van der Waals surface area contributed by atoms with Crippen LogP contribution in [0.2, 0.25) is 0 Å². The van der Waals surface area contributed by atoms with Crippen molar-refractivity contribution in [1.82, 2.24) is 0 Å². The molecule has 1 aliphatic heterocycles. The molecule has 1 unspecified atom stereocenters. The van der Waals surface area contributed by atoms with Gasteiger partial charge in [0.05, 0.1) is 16.4 Å². The lowest BCUT2D eigenvalue weighted by Crippen LogP contribution is -2.38. The number of morpholine rings is 1. The van der Waals surface area contributed by atoms with Crippen LogP contribution in [-0.4, -0.2) is 38.5 Å². The zero-order valence-corrected chi connectivity index (χ0v) is 15.2. The Balaban J connectivity index is 1.97. The molecule has 0 bridgehead atoms. The van der Waals surface area contributed by atoms with Crippen LogP contribution in [0.25, 0.3) is 0 Å². The molecule has 27 heavy (non-hydrogen) atoms. The van der Waals surface area contributed by atoms with E-state index in [1.165, 1.54) is 11.3 Å². The van der Waals surface area contributed by atoms with Gasteiger partial charge in [-0.25, -0.2) is 8.42 Å². The molecule has 1 aromatic heterocycles. The molecule has 1 aromatic carbocycles. The molecule has 2 heterocycles. The zero-order valence-electron chi connectivity index (χ0n) is 13.5. The van der Waals surface area contributed by atoms with Gasteiger partial charge < -0.3 is 9.64 Å². The van der Waals surface area contributed by atoms with Crippen LogP contribution >= 0.6 is 11.3 Å². The van der Waals surface area contributed by atoms with Crippen LogP contribution in [-0.2, 0) is 14.6 Å². The Kier molecular flexibility index (Phi) is 5.14. The average molecular weight is 422 g/mol. The summed E-state index contributed by atoms with van der Waals surface area (Å²) in [5, 5.41) is 13.2. The van der Waals surface area contributed by atoms with Gasteiger partial charge in [0.2, 0.25) is 0 Å². The van der Waals surface area contributed by atoms with Crippen molar-refractivity contribution in [3.63, 3.8) is 0 Å². The molecule has 1 atom stereocenters. The number of ether oxygens (including phenoxy) is 1. The molecule has 146 valence electrons. The fourth-order valence-corrected chi connectivity index (χ4v) is 4.28. The number of sulfone groups is 1. The van der Waals surface area contributed by atoms with E-state index in [9.17, 15) is 31.7 Å². The molecule has 0 amide bonds. The monoisotopic (exact) mass is 422 g/mol. The number of nitro groups is 1. The summed E-state index contributed by atoms with van der Waals surface area (Å²) < 4.78 is 66.9. The standard InChI is InChI=1S/C15H13F3N2O5S2/c16-15(17,18)27(23,24)10-3-4-11(12(8-10)20(21)22)19-5-6-25-13(9-19)14-2-1-7-26-14/h1-4,7-8,13H,5-6,9H2. The molecule has 1 fully saturated rings. The second-order valence-corrected chi connectivity index (χ2v) is 8.60. The minimum absolute atomic E-state index is 0.0472. The third kappa shape index (κ3) is 3.77. The molecule has 0 saturated carbocycles. The molecule has 2 aromatic rings. The highest BCUT2D eigenvalue weighted by Gasteiger charge is 2.47. The molecule has 1 aliphatic rings. The lowest BCUT2D eigenvalue weighted by Gasteiger charge is -2.33. The third-order valence-electron chi connectivity index (χ3n) is 4.03. The molecule has 7 nitrogen and oxygen atoms in total. The minimum Gasteiger partial charge on any atom is -0.369 e. The Morgan fingerprint density at radius 3 is 2.63 bits per heavy atom. The van der Waals surface area contributed by atoms with Gasteiger partial charge in [0, 0.05) is 24.0 Å². The van der Waals surface area contributed by atoms with Crippen molar-refractivity contribution >= 4 is 32.5 Å². The number of nitro benzene ring substituents is 1. The maximum absolute atomic E-state index is 12.7. The average Bonchev–Trinajstić information content (AvgIpc) is 3.15. The summed E-state index contributed by atoms with van der Waals surface area (Å²) in [6.07, 6.45) is -0.336. The predicted octanol–water partition coefficient (Wildman–Crippen LogP) is 3.53. The topological polar surface area (TPSA) is 89.8 Å². The van der Waals surface area contributed by atoms with E-state index >= 15 is 0 Å². The minimum atomic E-state index is -5.67. The lowest BCUT2D eigenvalue weighted by atomic mass is 10.2. The van der Waals surface area contributed by atoms with Crippen molar-refractivity contribution in [2.24, 2.45) is 0 Å². The Morgan fingerprint density at radius 1 is 1.30 bits per heavy atom. The first kappa shape index (κ1) is 19.6. The first-order valence-electron chi connectivity index (χ1n) is 7.61. The van der Waals surface area contributed by atoms with Crippen LogP contribution in [0.4, 0.5) is 24.5 Å². The van der Waals surface area contributed by atoms with Crippen LogP contribution in [0.15, 0.2) is 40.6 Å². The van der Waals surface area contributed by atoms with E-state index in [0.717, 1.165) is 17.0 Å². The molecule has 0 aliphatic carbocycles. The van der Waals surface area contributed by atoms with E-state index in [1.807, 2.05) is 17.5 Å². The van der Waals surface area contributed by atoms with Gasteiger partial charge in [0.1, 0.15) is 11.8 Å². The van der Waals surface area contributed by atoms with Gasteiger partial charge in [-0.15, -0.1) is 11.3 Å². The number of hydrogen-bond donors (Lipinski definition) is 0. The molecule has 3 rings (SSSR count). The summed E-state index contributed by atoms with van der Waals surface area (Å²) in [5.41, 5.74) is -6.19. The van der Waals surface area contributed by atoms with Crippen LogP contribution < -0.4 is 4.90 Å². The largest absolute Gasteiger partial charge is 0.501 e. The van der Waals surface area contributed by atoms with Crippen molar-refractivity contribution in [2.45, 2.75) is 16.5 Å². The van der Waals surface area contributed by atoms with E-state index in [2.05, 4.69) is 0 Å². The van der Waals surface area contributed by atoms with Crippen LogP contribution in [0, 0.1) is 10.1 Å². The Labute approximate surface area is 156 Å². The molecule has 12 heteroatoms. The summed E-state index contributed by atoms with van der Waals surface area (Å²) in [5.74, 6) is 0. The highest BCUT2D eigenvalue weighted by Crippen LogP contribution is 2.38. The van der Waals surface area contributed by atoms with Gasteiger partial charge in [-0.3, -0.25) is 10.1 Å². The Bertz CT molecular complexity index is 945. The highest BCUT2D eigenvalue weighted by molar-refractivity contribution is 7.92. The number of nitrogens with zero attached hydrogens (tertiary/aromatic N) is 2. The van der Waals surface area contributed by atoms with E-state index in [1.54, 1.807) is 4.90 Å². The van der Waals surface area contributed by atoms with Gasteiger partial charge in [-0.2, -0.15) is 13.2 Å². The number of alkyl halides is 3. The number of halogens is 3. The number of hydrogen-bond acceptors (Lipinski definition) is 7. The second-order valence-electron chi connectivity index (χ2n) is 5.68. The number of anilines is 1. The summed E-state index contributed by atoms with van der Waals surface area (Å²) in [6.45, 7) is 0.809. The van der Waals surface area contributed by atoms with Crippen molar-refractivity contribution in [1.29, 1.82) is 0 Å². The second kappa shape index (κ2) is 7.09. The van der Waals surface area contributed by atoms with Crippen LogP contribution in [0.5, 0.6) is 0 Å². The maximum atomic E-state index is 12.7. The summed E-state index contributed by atoms with van der Waals surface area (Å²) in [4.78, 5) is 11.9. The van der Waals surface area contributed by atoms with E-state index in [-0.39, 0.29) is 31.5 Å². The molecule has 0 radical (unpaired) electrons. The van der Waals surface area contributed by atoms with Crippen molar-refractivity contribution in [3.8, 4) is 0 Å². The van der Waals surface area contributed by atoms with Gasteiger partial charge in [0.25, 0.3) is 15.5 Å². The van der Waals surface area contributed by atoms with E-state index in [0.29, 0.717) is 6.07 Å². The molecule has 1 saturated heterocycles. The van der Waals surface area contributed by atoms with Crippen LogP contribution in [0.1, 0.15) is 11.0 Å². The quantitative estimate of drug-likeness (QED) is 0.553. The fourth-order valence-electron chi connectivity index (χ4n) is 2.73. The zero-order chi connectivity index (χ0) is 19.8. The van der Waals surface area contributed by atoms with Crippen LogP contribution in [0.3, 0.4) is 0 Å². The summed E-state index contributed by atoms with van der Waals surface area (Å²) >= 11 is 1.46. The molecule has 0 N–H and O–H groups in total. The van der Waals surface area contributed by atoms with Gasteiger partial charge in [0.15, 0.2) is 0 Å². The predicted molar refractivity (Wildman–Crippen MR) is 91.6 cm³/mol. The van der Waals surface area contributed by atoms with Crippen molar-refractivity contribution < 1.29 is 31.2 Å². The summed E-state index contributed by atoms with van der Waals surface area (Å²) in [6, 6.07) is 5.91. The van der Waals surface area contributed by atoms with Crippen molar-refractivity contribution in [3.05, 3.63) is 50.7 Å². The molecular formula is C15H13F3N2O5S2. The van der Waals surface area contributed by atoms with Gasteiger partial charge >= 0.3 is 5.51 Å². The normalized spacial score (nSPS) is 18.5. The third-order valence-corrected chi connectivity index (χ3v) is 6.47. The first-order chi connectivity index (χ1) is 12.6.